The minimum absolute atomic E-state index is 0.0583. The molecule has 1 N–H and O–H groups in total. The highest BCUT2D eigenvalue weighted by Gasteiger charge is 2.12. The Labute approximate surface area is 123 Å². The molecule has 0 saturated heterocycles. The van der Waals surface area contributed by atoms with Crippen molar-refractivity contribution in [2.45, 2.75) is 24.5 Å². The van der Waals surface area contributed by atoms with Crippen LogP contribution in [0.2, 0.25) is 0 Å². The Morgan fingerprint density at radius 1 is 1.15 bits per heavy atom. The molecule has 0 unspecified atom stereocenters. The minimum Gasteiger partial charge on any atom is -0.351 e. The standard InChI is InChI=1S/C16H18N2OS/c1-13(20-12-15-5-3-2-4-6-15)16(19)18-11-14-7-9-17-10-8-14/h2-10,13H,11-12H2,1H3,(H,18,19)/t13-/m1/s1. The van der Waals surface area contributed by atoms with Crippen molar-refractivity contribution in [1.29, 1.82) is 0 Å². The van der Waals surface area contributed by atoms with Crippen molar-refractivity contribution in [3.8, 4) is 0 Å². The highest BCUT2D eigenvalue weighted by molar-refractivity contribution is 7.99. The number of carbonyl (C=O) groups is 1. The summed E-state index contributed by atoms with van der Waals surface area (Å²) >= 11 is 1.65. The van der Waals surface area contributed by atoms with Crippen molar-refractivity contribution in [1.82, 2.24) is 10.3 Å². The van der Waals surface area contributed by atoms with Gasteiger partial charge in [0.25, 0.3) is 0 Å². The van der Waals surface area contributed by atoms with E-state index in [0.717, 1.165) is 11.3 Å². The summed E-state index contributed by atoms with van der Waals surface area (Å²) in [6.07, 6.45) is 3.46. The number of hydrogen-bond donors (Lipinski definition) is 1. The third-order valence-corrected chi connectivity index (χ3v) is 4.14. The van der Waals surface area contributed by atoms with Gasteiger partial charge in [0.15, 0.2) is 0 Å². The zero-order chi connectivity index (χ0) is 14.2. The van der Waals surface area contributed by atoms with Crippen LogP contribution in [0.4, 0.5) is 0 Å². The van der Waals surface area contributed by atoms with Gasteiger partial charge in [-0.1, -0.05) is 30.3 Å². The molecule has 4 heteroatoms. The average molecular weight is 286 g/mol. The quantitative estimate of drug-likeness (QED) is 0.887. The Morgan fingerprint density at radius 2 is 1.85 bits per heavy atom. The van der Waals surface area contributed by atoms with E-state index in [-0.39, 0.29) is 11.2 Å². The average Bonchev–Trinajstić information content (AvgIpc) is 2.52. The van der Waals surface area contributed by atoms with E-state index < -0.39 is 0 Å². The van der Waals surface area contributed by atoms with Crippen LogP contribution in [-0.4, -0.2) is 16.1 Å². The molecule has 1 aromatic carbocycles. The van der Waals surface area contributed by atoms with Gasteiger partial charge in [-0.2, -0.15) is 0 Å². The third kappa shape index (κ3) is 4.70. The maximum Gasteiger partial charge on any atom is 0.233 e. The predicted molar refractivity (Wildman–Crippen MR) is 83.3 cm³/mol. The Bertz CT molecular complexity index is 531. The Morgan fingerprint density at radius 3 is 2.55 bits per heavy atom. The van der Waals surface area contributed by atoms with E-state index in [4.69, 9.17) is 0 Å². The molecular formula is C16H18N2OS. The maximum atomic E-state index is 12.0. The number of hydrogen-bond acceptors (Lipinski definition) is 3. The molecule has 1 atom stereocenters. The molecule has 1 heterocycles. The second-order valence-corrected chi connectivity index (χ2v) is 5.84. The summed E-state index contributed by atoms with van der Waals surface area (Å²) in [4.78, 5) is 15.9. The minimum atomic E-state index is -0.0583. The van der Waals surface area contributed by atoms with Crippen LogP contribution < -0.4 is 5.32 Å². The number of benzene rings is 1. The molecule has 2 rings (SSSR count). The number of amides is 1. The topological polar surface area (TPSA) is 42.0 Å². The van der Waals surface area contributed by atoms with E-state index in [1.54, 1.807) is 24.2 Å². The predicted octanol–water partition coefficient (Wildman–Crippen LogP) is 3.02. The van der Waals surface area contributed by atoms with Crippen LogP contribution in [0.3, 0.4) is 0 Å². The number of thioether (sulfide) groups is 1. The zero-order valence-electron chi connectivity index (χ0n) is 11.5. The first-order chi connectivity index (χ1) is 9.75. The van der Waals surface area contributed by atoms with E-state index >= 15 is 0 Å². The zero-order valence-corrected chi connectivity index (χ0v) is 12.3. The van der Waals surface area contributed by atoms with Gasteiger partial charge in [-0.05, 0) is 30.2 Å². The molecule has 0 aliphatic rings. The molecular weight excluding hydrogens is 268 g/mol. The molecule has 0 saturated carbocycles. The van der Waals surface area contributed by atoms with Gasteiger partial charge in [0.05, 0.1) is 5.25 Å². The molecule has 0 radical (unpaired) electrons. The molecule has 0 aliphatic heterocycles. The lowest BCUT2D eigenvalue weighted by atomic mass is 10.2. The van der Waals surface area contributed by atoms with E-state index in [9.17, 15) is 4.79 Å². The lowest BCUT2D eigenvalue weighted by Gasteiger charge is -2.12. The first kappa shape index (κ1) is 14.6. The van der Waals surface area contributed by atoms with E-state index in [1.165, 1.54) is 5.56 Å². The van der Waals surface area contributed by atoms with E-state index in [0.29, 0.717) is 6.54 Å². The van der Waals surface area contributed by atoms with Crippen molar-refractivity contribution in [2.75, 3.05) is 0 Å². The summed E-state index contributed by atoms with van der Waals surface area (Å²) in [7, 11) is 0. The number of nitrogens with zero attached hydrogens (tertiary/aromatic N) is 1. The fraction of sp³-hybridized carbons (Fsp3) is 0.250. The van der Waals surface area contributed by atoms with Crippen molar-refractivity contribution in [3.05, 3.63) is 66.0 Å². The fourth-order valence-corrected chi connectivity index (χ4v) is 2.57. The summed E-state index contributed by atoms with van der Waals surface area (Å²) in [6.45, 7) is 2.49. The Kier molecular flexibility index (Phi) is 5.62. The first-order valence-electron chi connectivity index (χ1n) is 6.58. The third-order valence-electron chi connectivity index (χ3n) is 2.93. The summed E-state index contributed by atoms with van der Waals surface area (Å²) < 4.78 is 0. The van der Waals surface area contributed by atoms with Crippen molar-refractivity contribution < 1.29 is 4.79 Å². The highest BCUT2D eigenvalue weighted by atomic mass is 32.2. The van der Waals surface area contributed by atoms with Gasteiger partial charge in [-0.15, -0.1) is 11.8 Å². The van der Waals surface area contributed by atoms with Crippen molar-refractivity contribution in [2.24, 2.45) is 0 Å². The second kappa shape index (κ2) is 7.70. The van der Waals surface area contributed by atoms with Crippen LogP contribution in [-0.2, 0) is 17.1 Å². The molecule has 0 aliphatic carbocycles. The van der Waals surface area contributed by atoms with E-state index in [2.05, 4.69) is 22.4 Å². The number of carbonyl (C=O) groups excluding carboxylic acids is 1. The van der Waals surface area contributed by atoms with E-state index in [1.807, 2.05) is 37.3 Å². The molecule has 1 aromatic heterocycles. The van der Waals surface area contributed by atoms with Crippen LogP contribution in [0, 0.1) is 0 Å². The van der Waals surface area contributed by atoms with Crippen LogP contribution in [0.5, 0.6) is 0 Å². The molecule has 20 heavy (non-hydrogen) atoms. The lowest BCUT2D eigenvalue weighted by Crippen LogP contribution is -2.30. The number of aromatic nitrogens is 1. The molecule has 1 amide bonds. The van der Waals surface area contributed by atoms with Gasteiger partial charge in [-0.25, -0.2) is 0 Å². The molecule has 104 valence electrons. The lowest BCUT2D eigenvalue weighted by molar-refractivity contribution is -0.120. The molecule has 0 spiro atoms. The van der Waals surface area contributed by atoms with Crippen molar-refractivity contribution in [3.63, 3.8) is 0 Å². The van der Waals surface area contributed by atoms with Gasteiger partial charge < -0.3 is 5.32 Å². The molecule has 2 aromatic rings. The fourth-order valence-electron chi connectivity index (χ4n) is 1.70. The number of rotatable bonds is 6. The summed E-state index contributed by atoms with van der Waals surface area (Å²) in [5.41, 5.74) is 2.31. The number of nitrogens with one attached hydrogen (secondary N) is 1. The van der Waals surface area contributed by atoms with Crippen LogP contribution in [0.15, 0.2) is 54.9 Å². The summed E-state index contributed by atoms with van der Waals surface area (Å²) in [6, 6.07) is 14.0. The first-order valence-corrected chi connectivity index (χ1v) is 7.63. The maximum absolute atomic E-state index is 12.0. The summed E-state index contributed by atoms with van der Waals surface area (Å²) in [5.74, 6) is 0.924. The van der Waals surface area contributed by atoms with Gasteiger partial charge in [0, 0.05) is 24.7 Å². The smallest absolute Gasteiger partial charge is 0.233 e. The molecule has 3 nitrogen and oxygen atoms in total. The molecule has 0 fully saturated rings. The van der Waals surface area contributed by atoms with Crippen LogP contribution in [0.25, 0.3) is 0 Å². The van der Waals surface area contributed by atoms with Crippen molar-refractivity contribution >= 4 is 17.7 Å². The van der Waals surface area contributed by atoms with Gasteiger partial charge in [0.2, 0.25) is 5.91 Å². The number of pyridine rings is 1. The van der Waals surface area contributed by atoms with Crippen LogP contribution in [0.1, 0.15) is 18.1 Å². The van der Waals surface area contributed by atoms with Gasteiger partial charge in [0.1, 0.15) is 0 Å². The largest absolute Gasteiger partial charge is 0.351 e. The van der Waals surface area contributed by atoms with Crippen LogP contribution >= 0.6 is 11.8 Å². The summed E-state index contributed by atoms with van der Waals surface area (Å²) in [5, 5.41) is 2.89. The second-order valence-electron chi connectivity index (χ2n) is 4.51. The highest BCUT2D eigenvalue weighted by Crippen LogP contribution is 2.17. The molecule has 0 bridgehead atoms. The Balaban J connectivity index is 1.75. The van der Waals surface area contributed by atoms with Gasteiger partial charge in [-0.3, -0.25) is 9.78 Å². The Hall–Kier alpha value is -1.81. The monoisotopic (exact) mass is 286 g/mol. The normalized spacial score (nSPS) is 11.8. The SMILES string of the molecule is C[C@@H](SCc1ccccc1)C(=O)NCc1ccncc1. The van der Waals surface area contributed by atoms with Gasteiger partial charge >= 0.3 is 0 Å².